The van der Waals surface area contributed by atoms with Gasteiger partial charge in [0, 0.05) is 39.1 Å². The fourth-order valence-corrected chi connectivity index (χ4v) is 5.80. The SMILES string of the molecule is O=C1CCN(S(=O)(=O)c2ccccc2)CCCN(C(=O)C2(c3ccccc3)CC2)CCN1. The average molecular weight is 456 g/mol. The van der Waals surface area contributed by atoms with Gasteiger partial charge in [-0.05, 0) is 37.0 Å². The molecule has 0 atom stereocenters. The lowest BCUT2D eigenvalue weighted by Gasteiger charge is -2.28. The predicted molar refractivity (Wildman–Crippen MR) is 121 cm³/mol. The first-order valence-corrected chi connectivity index (χ1v) is 12.5. The molecule has 2 fully saturated rings. The van der Waals surface area contributed by atoms with Crippen molar-refractivity contribution in [3.63, 3.8) is 0 Å². The predicted octanol–water partition coefficient (Wildman–Crippen LogP) is 2.15. The number of nitrogens with zero attached hydrogens (tertiary/aromatic N) is 2. The molecule has 0 spiro atoms. The summed E-state index contributed by atoms with van der Waals surface area (Å²) in [6.45, 7) is 1.60. The minimum atomic E-state index is -3.71. The summed E-state index contributed by atoms with van der Waals surface area (Å²) in [7, 11) is -3.71. The van der Waals surface area contributed by atoms with Crippen LogP contribution in [0.1, 0.15) is 31.2 Å². The highest BCUT2D eigenvalue weighted by atomic mass is 32.2. The number of carbonyl (C=O) groups is 2. The highest BCUT2D eigenvalue weighted by molar-refractivity contribution is 7.89. The average Bonchev–Trinajstić information content (AvgIpc) is 3.62. The third kappa shape index (κ3) is 4.71. The van der Waals surface area contributed by atoms with Gasteiger partial charge in [-0.15, -0.1) is 0 Å². The smallest absolute Gasteiger partial charge is 0.243 e. The van der Waals surface area contributed by atoms with Gasteiger partial charge in [0.1, 0.15) is 0 Å². The molecule has 1 aliphatic heterocycles. The molecule has 0 aromatic heterocycles. The van der Waals surface area contributed by atoms with E-state index < -0.39 is 15.4 Å². The van der Waals surface area contributed by atoms with Crippen LogP contribution in [0.2, 0.25) is 0 Å². The third-order valence-electron chi connectivity index (χ3n) is 6.28. The molecule has 4 rings (SSSR count). The molecular formula is C24H29N3O4S. The van der Waals surface area contributed by atoms with Gasteiger partial charge in [0.05, 0.1) is 10.3 Å². The van der Waals surface area contributed by atoms with E-state index in [-0.39, 0.29) is 36.2 Å². The molecule has 32 heavy (non-hydrogen) atoms. The molecule has 2 amide bonds. The molecular weight excluding hydrogens is 426 g/mol. The normalized spacial score (nSPS) is 20.1. The van der Waals surface area contributed by atoms with E-state index >= 15 is 0 Å². The van der Waals surface area contributed by atoms with E-state index in [0.29, 0.717) is 26.1 Å². The Morgan fingerprint density at radius 2 is 1.53 bits per heavy atom. The summed E-state index contributed by atoms with van der Waals surface area (Å²) >= 11 is 0. The van der Waals surface area contributed by atoms with Gasteiger partial charge in [0.2, 0.25) is 21.8 Å². The monoisotopic (exact) mass is 455 g/mol. The molecule has 1 saturated carbocycles. The maximum absolute atomic E-state index is 13.5. The van der Waals surface area contributed by atoms with Crippen LogP contribution in [-0.4, -0.2) is 62.2 Å². The summed E-state index contributed by atoms with van der Waals surface area (Å²) < 4.78 is 27.6. The molecule has 1 aliphatic carbocycles. The van der Waals surface area contributed by atoms with E-state index in [9.17, 15) is 18.0 Å². The Balaban J connectivity index is 1.51. The van der Waals surface area contributed by atoms with Crippen LogP contribution in [-0.2, 0) is 25.0 Å². The van der Waals surface area contributed by atoms with Gasteiger partial charge in [0.15, 0.2) is 0 Å². The summed E-state index contributed by atoms with van der Waals surface area (Å²) in [5.41, 5.74) is 0.540. The van der Waals surface area contributed by atoms with Crippen LogP contribution in [0.25, 0.3) is 0 Å². The first-order chi connectivity index (χ1) is 15.4. The van der Waals surface area contributed by atoms with Crippen molar-refractivity contribution in [3.8, 4) is 0 Å². The standard InChI is InChI=1S/C24H29N3O4S/c28-22-12-18-27(32(30,31)21-10-5-2-6-11-21)17-7-16-26(19-15-25-22)23(29)24(13-14-24)20-8-3-1-4-9-20/h1-6,8-11H,7,12-19H2,(H,25,28). The van der Waals surface area contributed by atoms with Crippen LogP contribution < -0.4 is 5.32 Å². The second kappa shape index (κ2) is 9.42. The first kappa shape index (κ1) is 22.5. The van der Waals surface area contributed by atoms with Gasteiger partial charge in [0.25, 0.3) is 0 Å². The van der Waals surface area contributed by atoms with Gasteiger partial charge >= 0.3 is 0 Å². The largest absolute Gasteiger partial charge is 0.354 e. The number of amides is 2. The Bertz CT molecular complexity index is 1050. The van der Waals surface area contributed by atoms with Crippen LogP contribution >= 0.6 is 0 Å². The van der Waals surface area contributed by atoms with Crippen LogP contribution in [0.5, 0.6) is 0 Å². The summed E-state index contributed by atoms with van der Waals surface area (Å²) in [4.78, 5) is 27.8. The lowest BCUT2D eigenvalue weighted by molar-refractivity contribution is -0.134. The van der Waals surface area contributed by atoms with Gasteiger partial charge in [-0.3, -0.25) is 9.59 Å². The van der Waals surface area contributed by atoms with E-state index in [4.69, 9.17) is 0 Å². The van der Waals surface area contributed by atoms with Crippen LogP contribution in [0.4, 0.5) is 0 Å². The first-order valence-electron chi connectivity index (χ1n) is 11.1. The minimum absolute atomic E-state index is 0.0645. The Hall–Kier alpha value is -2.71. The zero-order valence-corrected chi connectivity index (χ0v) is 18.9. The Labute approximate surface area is 189 Å². The van der Waals surface area contributed by atoms with Crippen molar-refractivity contribution in [1.82, 2.24) is 14.5 Å². The Morgan fingerprint density at radius 1 is 0.875 bits per heavy atom. The molecule has 0 unspecified atom stereocenters. The zero-order valence-electron chi connectivity index (χ0n) is 18.1. The molecule has 1 N–H and O–H groups in total. The number of carbonyl (C=O) groups excluding carboxylic acids is 2. The maximum Gasteiger partial charge on any atom is 0.243 e. The number of rotatable bonds is 4. The van der Waals surface area contributed by atoms with Crippen molar-refractivity contribution in [3.05, 3.63) is 66.2 Å². The molecule has 8 heteroatoms. The number of hydrogen-bond acceptors (Lipinski definition) is 4. The maximum atomic E-state index is 13.5. The minimum Gasteiger partial charge on any atom is -0.354 e. The molecule has 170 valence electrons. The fourth-order valence-electron chi connectivity index (χ4n) is 4.30. The Kier molecular flexibility index (Phi) is 6.62. The van der Waals surface area contributed by atoms with Gasteiger partial charge < -0.3 is 10.2 Å². The lowest BCUT2D eigenvalue weighted by Crippen LogP contribution is -2.44. The third-order valence-corrected chi connectivity index (χ3v) is 8.19. The fraction of sp³-hybridized carbons (Fsp3) is 0.417. The van der Waals surface area contributed by atoms with Crippen molar-refractivity contribution in [2.75, 3.05) is 32.7 Å². The second-order valence-electron chi connectivity index (χ2n) is 8.41. The molecule has 2 aromatic carbocycles. The molecule has 2 aromatic rings. The van der Waals surface area contributed by atoms with E-state index in [1.165, 1.54) is 4.31 Å². The van der Waals surface area contributed by atoms with Crippen molar-refractivity contribution in [1.29, 1.82) is 0 Å². The van der Waals surface area contributed by atoms with Crippen molar-refractivity contribution in [2.45, 2.75) is 36.0 Å². The summed E-state index contributed by atoms with van der Waals surface area (Å²) in [6.07, 6.45) is 2.23. The lowest BCUT2D eigenvalue weighted by atomic mass is 9.94. The van der Waals surface area contributed by atoms with Crippen LogP contribution in [0.15, 0.2) is 65.6 Å². The summed E-state index contributed by atoms with van der Waals surface area (Å²) in [5.74, 6) is -0.147. The number of sulfonamides is 1. The molecule has 2 aliphatic rings. The number of nitrogens with one attached hydrogen (secondary N) is 1. The second-order valence-corrected chi connectivity index (χ2v) is 10.3. The van der Waals surface area contributed by atoms with E-state index in [2.05, 4.69) is 5.32 Å². The Morgan fingerprint density at radius 3 is 2.19 bits per heavy atom. The molecule has 0 radical (unpaired) electrons. The van der Waals surface area contributed by atoms with Gasteiger partial charge in [-0.1, -0.05) is 48.5 Å². The van der Waals surface area contributed by atoms with Crippen molar-refractivity contribution >= 4 is 21.8 Å². The highest BCUT2D eigenvalue weighted by Gasteiger charge is 2.52. The molecule has 1 heterocycles. The van der Waals surface area contributed by atoms with E-state index in [1.807, 2.05) is 30.3 Å². The van der Waals surface area contributed by atoms with E-state index in [0.717, 1.165) is 18.4 Å². The van der Waals surface area contributed by atoms with Crippen LogP contribution in [0, 0.1) is 0 Å². The molecule has 7 nitrogen and oxygen atoms in total. The number of benzene rings is 2. The van der Waals surface area contributed by atoms with Gasteiger partial charge in [-0.2, -0.15) is 4.31 Å². The molecule has 0 bridgehead atoms. The van der Waals surface area contributed by atoms with Crippen LogP contribution in [0.3, 0.4) is 0 Å². The quantitative estimate of drug-likeness (QED) is 0.765. The topological polar surface area (TPSA) is 86.8 Å². The summed E-state index contributed by atoms with van der Waals surface area (Å²) in [5, 5.41) is 2.83. The van der Waals surface area contributed by atoms with Crippen molar-refractivity contribution in [2.24, 2.45) is 0 Å². The van der Waals surface area contributed by atoms with E-state index in [1.54, 1.807) is 35.2 Å². The summed E-state index contributed by atoms with van der Waals surface area (Å²) in [6, 6.07) is 18.1. The van der Waals surface area contributed by atoms with Gasteiger partial charge in [-0.25, -0.2) is 8.42 Å². The number of hydrogen-bond donors (Lipinski definition) is 1. The van der Waals surface area contributed by atoms with Crippen molar-refractivity contribution < 1.29 is 18.0 Å². The molecule has 1 saturated heterocycles. The highest BCUT2D eigenvalue weighted by Crippen LogP contribution is 2.49. The zero-order chi connectivity index (χ0) is 22.6.